The van der Waals surface area contributed by atoms with Crippen LogP contribution in [-0.4, -0.2) is 26.4 Å². The van der Waals surface area contributed by atoms with Gasteiger partial charge in [-0.05, 0) is 24.3 Å². The number of amides is 1. The zero-order valence-corrected chi connectivity index (χ0v) is 16.4. The van der Waals surface area contributed by atoms with Gasteiger partial charge in [-0.25, -0.2) is 22.2 Å². The fraction of sp³-hybridized carbons (Fsp3) is 0.176. The number of fused-ring (bicyclic) bond motifs is 1. The number of hydrogen-bond donors (Lipinski definition) is 2. The first-order valence-electron chi connectivity index (χ1n) is 7.99. The summed E-state index contributed by atoms with van der Waals surface area (Å²) in [6.07, 6.45) is 0.275. The van der Waals surface area contributed by atoms with Gasteiger partial charge in [0.05, 0.1) is 17.5 Å². The molecule has 148 valence electrons. The van der Waals surface area contributed by atoms with Gasteiger partial charge in [0.25, 0.3) is 10.0 Å². The van der Waals surface area contributed by atoms with E-state index in [0.29, 0.717) is 21.4 Å². The molecule has 3 rings (SSSR count). The third-order valence-electron chi connectivity index (χ3n) is 3.68. The van der Waals surface area contributed by atoms with E-state index in [2.05, 4.69) is 15.0 Å². The lowest BCUT2D eigenvalue weighted by Gasteiger charge is -2.10. The number of carbonyl (C=O) groups excluding carboxylic acids is 1. The van der Waals surface area contributed by atoms with Gasteiger partial charge in [0.15, 0.2) is 5.13 Å². The van der Waals surface area contributed by atoms with E-state index in [1.807, 2.05) is 0 Å². The SMILES string of the molecule is CCC(=O)Nc1nc2c(OC)cc(NS(=O)(=O)c3cc(F)ccc3F)cc2s1. The minimum atomic E-state index is -4.38. The maximum atomic E-state index is 13.9. The first-order chi connectivity index (χ1) is 13.2. The fourth-order valence-electron chi connectivity index (χ4n) is 2.37. The number of benzene rings is 2. The Bertz CT molecular complexity index is 1160. The van der Waals surface area contributed by atoms with Crippen molar-refractivity contribution in [2.45, 2.75) is 18.2 Å². The van der Waals surface area contributed by atoms with Crippen molar-refractivity contribution >= 4 is 48.3 Å². The van der Waals surface area contributed by atoms with Crippen molar-refractivity contribution in [1.29, 1.82) is 0 Å². The molecule has 0 radical (unpaired) electrons. The molecule has 0 spiro atoms. The highest BCUT2D eigenvalue weighted by atomic mass is 32.2. The number of nitrogens with zero attached hydrogens (tertiary/aromatic N) is 1. The summed E-state index contributed by atoms with van der Waals surface area (Å²) >= 11 is 1.12. The third-order valence-corrected chi connectivity index (χ3v) is 6.00. The Labute approximate surface area is 163 Å². The Morgan fingerprint density at radius 1 is 1.25 bits per heavy atom. The van der Waals surface area contributed by atoms with Gasteiger partial charge in [0.1, 0.15) is 27.8 Å². The van der Waals surface area contributed by atoms with Gasteiger partial charge in [-0.2, -0.15) is 0 Å². The predicted molar refractivity (Wildman–Crippen MR) is 102 cm³/mol. The molecule has 1 amide bonds. The Hall–Kier alpha value is -2.79. The average Bonchev–Trinajstić information content (AvgIpc) is 3.04. The average molecular weight is 427 g/mol. The fourth-order valence-corrected chi connectivity index (χ4v) is 4.44. The molecule has 0 saturated carbocycles. The number of rotatable bonds is 6. The number of carbonyl (C=O) groups is 1. The Morgan fingerprint density at radius 2 is 2.00 bits per heavy atom. The monoisotopic (exact) mass is 427 g/mol. The van der Waals surface area contributed by atoms with E-state index >= 15 is 0 Å². The van der Waals surface area contributed by atoms with Crippen LogP contribution < -0.4 is 14.8 Å². The van der Waals surface area contributed by atoms with Crippen molar-refractivity contribution in [3.05, 3.63) is 42.0 Å². The van der Waals surface area contributed by atoms with E-state index in [9.17, 15) is 22.0 Å². The van der Waals surface area contributed by atoms with E-state index < -0.39 is 26.6 Å². The zero-order valence-electron chi connectivity index (χ0n) is 14.7. The number of hydrogen-bond acceptors (Lipinski definition) is 6. The molecule has 0 aliphatic carbocycles. The van der Waals surface area contributed by atoms with Gasteiger partial charge in [0, 0.05) is 12.5 Å². The predicted octanol–water partition coefficient (Wildman–Crippen LogP) is 3.73. The van der Waals surface area contributed by atoms with E-state index in [1.54, 1.807) is 6.92 Å². The van der Waals surface area contributed by atoms with Crippen molar-refractivity contribution in [3.63, 3.8) is 0 Å². The molecule has 0 aliphatic rings. The second kappa shape index (κ2) is 7.68. The molecule has 0 aliphatic heterocycles. The highest BCUT2D eigenvalue weighted by Gasteiger charge is 2.21. The first kappa shape index (κ1) is 20.0. The minimum absolute atomic E-state index is 0.0741. The van der Waals surface area contributed by atoms with Crippen LogP contribution in [0.25, 0.3) is 10.2 Å². The van der Waals surface area contributed by atoms with Crippen LogP contribution in [0.3, 0.4) is 0 Å². The number of ether oxygens (including phenoxy) is 1. The van der Waals surface area contributed by atoms with Crippen LogP contribution in [0.2, 0.25) is 0 Å². The molecule has 2 N–H and O–H groups in total. The summed E-state index contributed by atoms with van der Waals surface area (Å²) < 4.78 is 60.1. The number of aromatic nitrogens is 1. The molecule has 3 aromatic rings. The molecule has 11 heteroatoms. The van der Waals surface area contributed by atoms with Crippen LogP contribution in [0.5, 0.6) is 5.75 Å². The summed E-state index contributed by atoms with van der Waals surface area (Å²) in [5.41, 5.74) is 0.504. The van der Waals surface area contributed by atoms with Gasteiger partial charge >= 0.3 is 0 Å². The third kappa shape index (κ3) is 4.04. The number of methoxy groups -OCH3 is 1. The molecule has 7 nitrogen and oxygen atoms in total. The zero-order chi connectivity index (χ0) is 20.5. The highest BCUT2D eigenvalue weighted by Crippen LogP contribution is 2.36. The number of anilines is 2. The van der Waals surface area contributed by atoms with Crippen LogP contribution in [0.15, 0.2) is 35.2 Å². The van der Waals surface area contributed by atoms with Crippen LogP contribution in [0.1, 0.15) is 13.3 Å². The smallest absolute Gasteiger partial charge is 0.264 e. The molecule has 0 unspecified atom stereocenters. The lowest BCUT2D eigenvalue weighted by Crippen LogP contribution is -2.15. The Morgan fingerprint density at radius 3 is 2.68 bits per heavy atom. The summed E-state index contributed by atoms with van der Waals surface area (Å²) in [4.78, 5) is 15.0. The van der Waals surface area contributed by atoms with Gasteiger partial charge < -0.3 is 10.1 Å². The molecule has 0 bridgehead atoms. The lowest BCUT2D eigenvalue weighted by molar-refractivity contribution is -0.115. The number of nitrogens with one attached hydrogen (secondary N) is 2. The summed E-state index contributed by atoms with van der Waals surface area (Å²) in [5.74, 6) is -1.93. The van der Waals surface area contributed by atoms with Crippen molar-refractivity contribution in [2.24, 2.45) is 0 Å². The van der Waals surface area contributed by atoms with Gasteiger partial charge in [-0.3, -0.25) is 9.52 Å². The maximum absolute atomic E-state index is 13.9. The van der Waals surface area contributed by atoms with E-state index in [-0.39, 0.29) is 23.8 Å². The summed E-state index contributed by atoms with van der Waals surface area (Å²) in [7, 11) is -3.00. The molecule has 28 heavy (non-hydrogen) atoms. The van der Waals surface area contributed by atoms with Gasteiger partial charge in [-0.15, -0.1) is 0 Å². The summed E-state index contributed by atoms with van der Waals surface area (Å²) in [5, 5.41) is 2.95. The lowest BCUT2D eigenvalue weighted by atomic mass is 10.3. The molecular formula is C17H15F2N3O4S2. The standard InChI is InChI=1S/C17H15F2N3O4S2/c1-3-15(23)20-17-21-16-12(26-2)7-10(8-13(16)27-17)22-28(24,25)14-6-9(18)4-5-11(14)19/h4-8,22H,3H2,1-2H3,(H,20,21,23). The van der Waals surface area contributed by atoms with Gasteiger partial charge in [0.2, 0.25) is 5.91 Å². The molecule has 1 heterocycles. The number of sulfonamides is 1. The van der Waals surface area contributed by atoms with Gasteiger partial charge in [-0.1, -0.05) is 18.3 Å². The first-order valence-corrected chi connectivity index (χ1v) is 10.3. The van der Waals surface area contributed by atoms with Crippen LogP contribution >= 0.6 is 11.3 Å². The van der Waals surface area contributed by atoms with Crippen molar-refractivity contribution in [1.82, 2.24) is 4.98 Å². The Kier molecular flexibility index (Phi) is 5.47. The Balaban J connectivity index is 2.01. The van der Waals surface area contributed by atoms with E-state index in [4.69, 9.17) is 4.74 Å². The highest BCUT2D eigenvalue weighted by molar-refractivity contribution is 7.92. The quantitative estimate of drug-likeness (QED) is 0.625. The number of halogens is 2. The van der Waals surface area contributed by atoms with Crippen molar-refractivity contribution in [3.8, 4) is 5.75 Å². The van der Waals surface area contributed by atoms with Crippen LogP contribution in [0, 0.1) is 11.6 Å². The van der Waals surface area contributed by atoms with E-state index in [0.717, 1.165) is 23.5 Å². The van der Waals surface area contributed by atoms with Crippen molar-refractivity contribution < 1.29 is 26.7 Å². The summed E-state index contributed by atoms with van der Waals surface area (Å²) in [6.45, 7) is 1.70. The van der Waals surface area contributed by atoms with Crippen LogP contribution in [0.4, 0.5) is 19.6 Å². The van der Waals surface area contributed by atoms with Crippen LogP contribution in [-0.2, 0) is 14.8 Å². The molecule has 0 atom stereocenters. The molecule has 0 fully saturated rings. The molecule has 2 aromatic carbocycles. The summed E-state index contributed by atoms with van der Waals surface area (Å²) in [6, 6.07) is 4.99. The largest absolute Gasteiger partial charge is 0.494 e. The second-order valence-corrected chi connectivity index (χ2v) is 8.31. The minimum Gasteiger partial charge on any atom is -0.494 e. The van der Waals surface area contributed by atoms with Crippen molar-refractivity contribution in [2.75, 3.05) is 17.1 Å². The maximum Gasteiger partial charge on any atom is 0.264 e. The molecule has 1 aromatic heterocycles. The topological polar surface area (TPSA) is 97.4 Å². The molecule has 0 saturated heterocycles. The molecular weight excluding hydrogens is 412 g/mol. The normalized spacial score (nSPS) is 11.4. The number of thiazole rings is 1. The second-order valence-electron chi connectivity index (χ2n) is 5.63. The van der Waals surface area contributed by atoms with E-state index in [1.165, 1.54) is 19.2 Å².